The molecule has 0 radical (unpaired) electrons. The van der Waals surface area contributed by atoms with Crippen LogP contribution in [-0.2, 0) is 14.4 Å². The molecule has 1 fully saturated rings. The van der Waals surface area contributed by atoms with Gasteiger partial charge in [-0.05, 0) is 44.6 Å². The molecule has 3 atom stereocenters. The van der Waals surface area contributed by atoms with Crippen molar-refractivity contribution in [3.05, 3.63) is 11.6 Å². The van der Waals surface area contributed by atoms with Crippen LogP contribution in [0, 0.1) is 0 Å². The molecule has 1 unspecified atom stereocenters. The van der Waals surface area contributed by atoms with Crippen LogP contribution in [0.15, 0.2) is 16.8 Å². The van der Waals surface area contributed by atoms with Gasteiger partial charge >= 0.3 is 11.9 Å². The van der Waals surface area contributed by atoms with E-state index in [1.165, 1.54) is 6.08 Å². The third kappa shape index (κ3) is 3.81. The molecule has 0 aromatic heterocycles. The molecule has 0 spiro atoms. The van der Waals surface area contributed by atoms with E-state index in [4.69, 9.17) is 5.11 Å². The number of nitrogens with one attached hydrogen (secondary N) is 2. The summed E-state index contributed by atoms with van der Waals surface area (Å²) in [5, 5.41) is 25.4. The zero-order valence-corrected chi connectivity index (χ0v) is 13.6. The van der Waals surface area contributed by atoms with E-state index in [1.54, 1.807) is 13.1 Å². The van der Waals surface area contributed by atoms with Crippen molar-refractivity contribution in [2.75, 3.05) is 0 Å². The van der Waals surface area contributed by atoms with Gasteiger partial charge in [-0.15, -0.1) is 0 Å². The lowest BCUT2D eigenvalue weighted by Gasteiger charge is -2.34. The molecule has 1 aliphatic heterocycles. The van der Waals surface area contributed by atoms with Gasteiger partial charge in [-0.3, -0.25) is 10.2 Å². The van der Waals surface area contributed by atoms with E-state index in [0.717, 1.165) is 24.8 Å². The normalized spacial score (nSPS) is 29.7. The van der Waals surface area contributed by atoms with E-state index in [0.29, 0.717) is 12.8 Å². The molecule has 132 valence electrons. The summed E-state index contributed by atoms with van der Waals surface area (Å²) < 4.78 is 0. The fourth-order valence-corrected chi connectivity index (χ4v) is 3.30. The first-order valence-corrected chi connectivity index (χ1v) is 8.12. The standard InChI is InChI=1S/C16H23N3O5/c1-10(14(22)16(15(23)24)7-4-8-17-19-16)18-12-6-3-2-5-11(12)9-13(20)21/h8-10,12,18-19H,2-7H2,1H3,(H,20,21)(H,23,24)/t10?,12-,16+/m1/s1. The number of Topliss-reactive ketones (excluding diaryl/α,β-unsaturated/α-hetero) is 1. The predicted octanol–water partition coefficient (Wildman–Crippen LogP) is 0.680. The molecule has 0 aromatic rings. The number of aliphatic carboxylic acids is 2. The van der Waals surface area contributed by atoms with Gasteiger partial charge in [0, 0.05) is 18.3 Å². The van der Waals surface area contributed by atoms with Gasteiger partial charge in [-0.2, -0.15) is 5.10 Å². The number of carboxylic acids is 2. The molecule has 0 bridgehead atoms. The highest BCUT2D eigenvalue weighted by molar-refractivity contribution is 6.10. The average Bonchev–Trinajstić information content (AvgIpc) is 2.56. The average molecular weight is 337 g/mol. The fourth-order valence-electron chi connectivity index (χ4n) is 3.30. The van der Waals surface area contributed by atoms with E-state index in [1.807, 2.05) is 0 Å². The second-order valence-electron chi connectivity index (χ2n) is 6.28. The molecule has 2 aliphatic rings. The maximum atomic E-state index is 12.7. The Morgan fingerprint density at radius 1 is 1.42 bits per heavy atom. The Kier molecular flexibility index (Phi) is 5.71. The molecule has 4 N–H and O–H groups in total. The summed E-state index contributed by atoms with van der Waals surface area (Å²) in [6, 6.07) is -0.964. The van der Waals surface area contributed by atoms with Crippen LogP contribution in [0.4, 0.5) is 0 Å². The number of hydrogen-bond acceptors (Lipinski definition) is 6. The minimum atomic E-state index is -1.73. The van der Waals surface area contributed by atoms with Gasteiger partial charge in [0.05, 0.1) is 6.04 Å². The summed E-state index contributed by atoms with van der Waals surface area (Å²) in [6.45, 7) is 1.61. The zero-order chi connectivity index (χ0) is 17.7. The number of nitrogens with zero attached hydrogens (tertiary/aromatic N) is 1. The molecule has 0 amide bonds. The van der Waals surface area contributed by atoms with Crippen LogP contribution in [0.25, 0.3) is 0 Å². The molecule has 8 nitrogen and oxygen atoms in total. The van der Waals surface area contributed by atoms with Crippen molar-refractivity contribution in [2.24, 2.45) is 5.10 Å². The summed E-state index contributed by atoms with van der Waals surface area (Å²) in [5.41, 5.74) is 1.48. The van der Waals surface area contributed by atoms with Crippen LogP contribution in [0.5, 0.6) is 0 Å². The van der Waals surface area contributed by atoms with Crippen LogP contribution < -0.4 is 10.7 Å². The van der Waals surface area contributed by atoms with Gasteiger partial charge < -0.3 is 15.5 Å². The Morgan fingerprint density at radius 3 is 2.75 bits per heavy atom. The van der Waals surface area contributed by atoms with E-state index < -0.39 is 29.3 Å². The first kappa shape index (κ1) is 18.1. The third-order valence-corrected chi connectivity index (χ3v) is 4.59. The van der Waals surface area contributed by atoms with E-state index in [2.05, 4.69) is 15.8 Å². The minimum absolute atomic E-state index is 0.138. The van der Waals surface area contributed by atoms with Crippen molar-refractivity contribution in [1.82, 2.24) is 10.7 Å². The SMILES string of the molecule is CC(N[C@@H]1CCCCC1=CC(=O)O)C(=O)[C@]1(C(=O)O)CCC=NN1. The number of hydrazone groups is 1. The molecule has 0 saturated heterocycles. The Balaban J connectivity index is 2.13. The molecule has 1 aliphatic carbocycles. The lowest BCUT2D eigenvalue weighted by Crippen LogP contribution is -2.63. The molecule has 1 heterocycles. The van der Waals surface area contributed by atoms with Crippen molar-refractivity contribution in [3.63, 3.8) is 0 Å². The number of carbonyl (C=O) groups excluding carboxylic acids is 1. The van der Waals surface area contributed by atoms with Crippen LogP contribution in [0.2, 0.25) is 0 Å². The lowest BCUT2D eigenvalue weighted by atomic mass is 9.83. The number of hydrogen-bond donors (Lipinski definition) is 4. The van der Waals surface area contributed by atoms with E-state index in [-0.39, 0.29) is 12.5 Å². The number of carboxylic acid groups (broad SMARTS) is 2. The third-order valence-electron chi connectivity index (χ3n) is 4.59. The summed E-state index contributed by atoms with van der Waals surface area (Å²) in [7, 11) is 0. The highest BCUT2D eigenvalue weighted by Gasteiger charge is 2.48. The number of carbonyl (C=O) groups is 3. The number of ketones is 1. The Bertz CT molecular complexity index is 586. The van der Waals surface area contributed by atoms with Crippen molar-refractivity contribution < 1.29 is 24.6 Å². The molecular formula is C16H23N3O5. The summed E-state index contributed by atoms with van der Waals surface area (Å²) in [5.74, 6) is -2.75. The van der Waals surface area contributed by atoms with Gasteiger partial charge in [0.2, 0.25) is 5.54 Å². The highest BCUT2D eigenvalue weighted by Crippen LogP contribution is 2.25. The summed E-state index contributed by atoms with van der Waals surface area (Å²) >= 11 is 0. The summed E-state index contributed by atoms with van der Waals surface area (Å²) in [4.78, 5) is 35.3. The fraction of sp³-hybridized carbons (Fsp3) is 0.625. The molecule has 2 rings (SSSR count). The Labute approximate surface area is 140 Å². The smallest absolute Gasteiger partial charge is 0.338 e. The largest absolute Gasteiger partial charge is 0.479 e. The first-order chi connectivity index (χ1) is 11.4. The highest BCUT2D eigenvalue weighted by atomic mass is 16.4. The van der Waals surface area contributed by atoms with Crippen molar-refractivity contribution in [2.45, 2.75) is 63.1 Å². The lowest BCUT2D eigenvalue weighted by molar-refractivity contribution is -0.151. The topological polar surface area (TPSA) is 128 Å². The minimum Gasteiger partial charge on any atom is -0.479 e. The Hall–Kier alpha value is -2.22. The van der Waals surface area contributed by atoms with Gasteiger partial charge in [-0.1, -0.05) is 6.42 Å². The monoisotopic (exact) mass is 337 g/mol. The van der Waals surface area contributed by atoms with Crippen LogP contribution in [-0.4, -0.2) is 51.8 Å². The predicted molar refractivity (Wildman–Crippen MR) is 86.8 cm³/mol. The van der Waals surface area contributed by atoms with Gasteiger partial charge in [0.1, 0.15) is 0 Å². The molecule has 24 heavy (non-hydrogen) atoms. The van der Waals surface area contributed by atoms with Gasteiger partial charge in [0.25, 0.3) is 0 Å². The van der Waals surface area contributed by atoms with Gasteiger partial charge in [0.15, 0.2) is 5.78 Å². The molecular weight excluding hydrogens is 314 g/mol. The van der Waals surface area contributed by atoms with Crippen molar-refractivity contribution in [1.29, 1.82) is 0 Å². The van der Waals surface area contributed by atoms with E-state index >= 15 is 0 Å². The van der Waals surface area contributed by atoms with Crippen LogP contribution in [0.1, 0.15) is 45.4 Å². The second-order valence-corrected chi connectivity index (χ2v) is 6.28. The summed E-state index contributed by atoms with van der Waals surface area (Å²) in [6.07, 6.45) is 6.51. The van der Waals surface area contributed by atoms with Crippen molar-refractivity contribution >= 4 is 23.9 Å². The quantitative estimate of drug-likeness (QED) is 0.414. The van der Waals surface area contributed by atoms with Gasteiger partial charge in [-0.25, -0.2) is 9.59 Å². The van der Waals surface area contributed by atoms with Crippen LogP contribution >= 0.6 is 0 Å². The molecule has 0 aromatic carbocycles. The number of rotatable bonds is 6. The maximum absolute atomic E-state index is 12.7. The van der Waals surface area contributed by atoms with Crippen LogP contribution in [0.3, 0.4) is 0 Å². The Morgan fingerprint density at radius 2 is 2.17 bits per heavy atom. The molecule has 8 heteroatoms. The molecule has 1 saturated carbocycles. The first-order valence-electron chi connectivity index (χ1n) is 8.12. The maximum Gasteiger partial charge on any atom is 0.338 e. The zero-order valence-electron chi connectivity index (χ0n) is 13.6. The second kappa shape index (κ2) is 7.57. The van der Waals surface area contributed by atoms with Crippen molar-refractivity contribution in [3.8, 4) is 0 Å². The van der Waals surface area contributed by atoms with E-state index in [9.17, 15) is 19.5 Å².